The summed E-state index contributed by atoms with van der Waals surface area (Å²) in [5.41, 5.74) is -0.254. The van der Waals surface area contributed by atoms with Crippen molar-refractivity contribution in [2.45, 2.75) is 25.4 Å². The molecule has 9 nitrogen and oxygen atoms in total. The van der Waals surface area contributed by atoms with E-state index in [1.165, 1.54) is 75.7 Å². The highest BCUT2D eigenvalue weighted by molar-refractivity contribution is 6.12. The van der Waals surface area contributed by atoms with Crippen molar-refractivity contribution in [1.82, 2.24) is 4.90 Å². The molecule has 0 saturated heterocycles. The lowest BCUT2D eigenvalue weighted by atomic mass is 9.94. The number of esters is 2. The molecule has 0 atom stereocenters. The second kappa shape index (κ2) is 15.3. The molecule has 1 N–H and O–H groups in total. The lowest BCUT2D eigenvalue weighted by Gasteiger charge is -2.19. The zero-order valence-corrected chi connectivity index (χ0v) is 26.6. The van der Waals surface area contributed by atoms with Gasteiger partial charge in [0.05, 0.1) is 36.6 Å². The van der Waals surface area contributed by atoms with Crippen LogP contribution in [-0.2, 0) is 22.1 Å². The van der Waals surface area contributed by atoms with Gasteiger partial charge in [0.25, 0.3) is 11.8 Å². The van der Waals surface area contributed by atoms with Gasteiger partial charge in [-0.2, -0.15) is 13.2 Å². The average Bonchev–Trinajstić information content (AvgIpc) is 3.07. The summed E-state index contributed by atoms with van der Waals surface area (Å²) in [6, 6.07) is 20.6. The number of amides is 2. The fraction of sp³-hybridized carbons (Fsp3) is 0.222. The third-order valence-electron chi connectivity index (χ3n) is 7.31. The number of alkyl halides is 3. The van der Waals surface area contributed by atoms with Crippen LogP contribution in [-0.4, -0.2) is 57.0 Å². The van der Waals surface area contributed by atoms with E-state index >= 15 is 0 Å². The van der Waals surface area contributed by atoms with E-state index in [0.29, 0.717) is 24.0 Å². The van der Waals surface area contributed by atoms with Gasteiger partial charge in [0, 0.05) is 26.6 Å². The number of ether oxygens (including phenoxy) is 3. The van der Waals surface area contributed by atoms with Crippen molar-refractivity contribution >= 4 is 29.4 Å². The molecule has 4 rings (SSSR count). The molecule has 0 aliphatic carbocycles. The maximum Gasteiger partial charge on any atom is 0.417 e. The molecule has 4 aromatic rings. The highest BCUT2D eigenvalue weighted by Crippen LogP contribution is 2.37. The van der Waals surface area contributed by atoms with Crippen LogP contribution in [0.2, 0.25) is 0 Å². The first kappa shape index (κ1) is 35.2. The minimum Gasteiger partial charge on any atom is -0.496 e. The number of nitrogens with zero attached hydrogens (tertiary/aromatic N) is 1. The van der Waals surface area contributed by atoms with E-state index in [9.17, 15) is 32.3 Å². The maximum atomic E-state index is 14.1. The molecule has 0 aromatic heterocycles. The Labute approximate surface area is 275 Å². The SMILES string of the molecule is COC(=O)c1ccc(OC(=O)CCCc2ccc(NC(=O)c3c(-c4ccccc4)cccc3C(F)(F)F)c(C(=O)N(C)C)c2)cc1OC. The first-order valence-corrected chi connectivity index (χ1v) is 14.7. The Morgan fingerprint density at radius 1 is 0.833 bits per heavy atom. The van der Waals surface area contributed by atoms with E-state index in [1.807, 2.05) is 0 Å². The van der Waals surface area contributed by atoms with E-state index < -0.39 is 41.1 Å². The van der Waals surface area contributed by atoms with Gasteiger partial charge in [-0.25, -0.2) is 4.79 Å². The van der Waals surface area contributed by atoms with Crippen LogP contribution in [0.15, 0.2) is 84.9 Å². The first-order chi connectivity index (χ1) is 22.8. The predicted molar refractivity (Wildman–Crippen MR) is 172 cm³/mol. The Morgan fingerprint density at radius 3 is 2.21 bits per heavy atom. The molecule has 4 aromatic carbocycles. The first-order valence-electron chi connectivity index (χ1n) is 14.7. The lowest BCUT2D eigenvalue weighted by molar-refractivity contribution is -0.138. The van der Waals surface area contributed by atoms with Gasteiger partial charge in [-0.05, 0) is 59.9 Å². The Balaban J connectivity index is 1.53. The van der Waals surface area contributed by atoms with E-state index in [2.05, 4.69) is 5.32 Å². The van der Waals surface area contributed by atoms with Crippen LogP contribution in [0.3, 0.4) is 0 Å². The van der Waals surface area contributed by atoms with Crippen molar-refractivity contribution in [3.05, 3.63) is 113 Å². The highest BCUT2D eigenvalue weighted by atomic mass is 19.4. The number of methoxy groups -OCH3 is 2. The van der Waals surface area contributed by atoms with Crippen LogP contribution in [0.5, 0.6) is 11.5 Å². The molecule has 0 saturated carbocycles. The topological polar surface area (TPSA) is 111 Å². The summed E-state index contributed by atoms with van der Waals surface area (Å²) < 4.78 is 57.6. The second-order valence-corrected chi connectivity index (χ2v) is 10.8. The monoisotopic (exact) mass is 662 g/mol. The molecular weight excluding hydrogens is 629 g/mol. The van der Waals surface area contributed by atoms with Crippen molar-refractivity contribution in [3.63, 3.8) is 0 Å². The van der Waals surface area contributed by atoms with E-state index in [-0.39, 0.29) is 40.3 Å². The van der Waals surface area contributed by atoms with Gasteiger partial charge in [0.2, 0.25) is 0 Å². The van der Waals surface area contributed by atoms with Crippen molar-refractivity contribution in [1.29, 1.82) is 0 Å². The van der Waals surface area contributed by atoms with Crippen LogP contribution in [0.1, 0.15) is 55.0 Å². The summed E-state index contributed by atoms with van der Waals surface area (Å²) in [4.78, 5) is 52.4. The molecule has 2 amide bonds. The Bertz CT molecular complexity index is 1820. The van der Waals surface area contributed by atoms with Gasteiger partial charge in [-0.1, -0.05) is 48.5 Å². The number of rotatable bonds is 11. The molecule has 0 unspecified atom stereocenters. The van der Waals surface area contributed by atoms with Crippen LogP contribution >= 0.6 is 0 Å². The maximum absolute atomic E-state index is 14.1. The number of benzene rings is 4. The molecule has 12 heteroatoms. The smallest absolute Gasteiger partial charge is 0.417 e. The van der Waals surface area contributed by atoms with Gasteiger partial charge in [0.1, 0.15) is 17.1 Å². The molecule has 0 radical (unpaired) electrons. The van der Waals surface area contributed by atoms with E-state index in [0.717, 1.165) is 6.07 Å². The van der Waals surface area contributed by atoms with Crippen molar-refractivity contribution in [2.24, 2.45) is 0 Å². The Kier molecular flexibility index (Phi) is 11.2. The summed E-state index contributed by atoms with van der Waals surface area (Å²) >= 11 is 0. The number of hydrogen-bond acceptors (Lipinski definition) is 7. The van der Waals surface area contributed by atoms with E-state index in [1.54, 1.807) is 36.4 Å². The highest BCUT2D eigenvalue weighted by Gasteiger charge is 2.37. The zero-order chi connectivity index (χ0) is 35.0. The molecule has 250 valence electrons. The van der Waals surface area contributed by atoms with Crippen molar-refractivity contribution < 1.29 is 46.6 Å². The number of halogens is 3. The predicted octanol–water partition coefficient (Wildman–Crippen LogP) is 7.05. The Morgan fingerprint density at radius 2 is 1.56 bits per heavy atom. The van der Waals surface area contributed by atoms with Crippen molar-refractivity contribution in [3.8, 4) is 22.6 Å². The summed E-state index contributed by atoms with van der Waals surface area (Å²) in [5.74, 6) is -2.31. The summed E-state index contributed by atoms with van der Waals surface area (Å²) in [6.45, 7) is 0. The van der Waals surface area contributed by atoms with Gasteiger partial charge in [0.15, 0.2) is 0 Å². The summed E-state index contributed by atoms with van der Waals surface area (Å²) in [7, 11) is 5.62. The van der Waals surface area contributed by atoms with Gasteiger partial charge in [-0.3, -0.25) is 14.4 Å². The summed E-state index contributed by atoms with van der Waals surface area (Å²) in [5, 5.41) is 2.54. The fourth-order valence-corrected chi connectivity index (χ4v) is 4.98. The lowest BCUT2D eigenvalue weighted by Crippen LogP contribution is -2.25. The molecule has 0 fully saturated rings. The normalized spacial score (nSPS) is 11.0. The standard InChI is InChI=1S/C36H33F3N2O7/c1-41(2)34(44)27-20-22(10-8-15-31(42)48-24-17-18-26(35(45)47-4)30(21-24)46-3)16-19-29(27)40-33(43)32-25(23-11-6-5-7-12-23)13-9-14-28(32)36(37,38)39/h5-7,9,11-14,16-21H,8,10,15H2,1-4H3,(H,40,43). The molecule has 0 heterocycles. The minimum absolute atomic E-state index is 0.00695. The van der Waals surface area contributed by atoms with Crippen LogP contribution in [0.25, 0.3) is 11.1 Å². The average molecular weight is 663 g/mol. The summed E-state index contributed by atoms with van der Waals surface area (Å²) in [6.07, 6.45) is -4.13. The molecule has 48 heavy (non-hydrogen) atoms. The van der Waals surface area contributed by atoms with Gasteiger partial charge < -0.3 is 24.4 Å². The molecule has 0 spiro atoms. The number of carbonyl (C=O) groups is 4. The molecule has 0 bridgehead atoms. The van der Waals surface area contributed by atoms with Crippen molar-refractivity contribution in [2.75, 3.05) is 33.6 Å². The van der Waals surface area contributed by atoms with Crippen LogP contribution in [0, 0.1) is 0 Å². The second-order valence-electron chi connectivity index (χ2n) is 10.8. The quantitative estimate of drug-likeness (QED) is 0.135. The minimum atomic E-state index is -4.82. The van der Waals surface area contributed by atoms with Crippen LogP contribution < -0.4 is 14.8 Å². The zero-order valence-electron chi connectivity index (χ0n) is 26.6. The number of carbonyl (C=O) groups excluding carboxylic acids is 4. The molecular formula is C36H33F3N2O7. The molecule has 0 aliphatic rings. The number of anilines is 1. The molecule has 0 aliphatic heterocycles. The number of hydrogen-bond donors (Lipinski definition) is 1. The third kappa shape index (κ3) is 8.38. The van der Waals surface area contributed by atoms with Crippen LogP contribution in [0.4, 0.5) is 18.9 Å². The third-order valence-corrected chi connectivity index (χ3v) is 7.31. The number of aryl methyl sites for hydroxylation is 1. The Hall–Kier alpha value is -5.65. The van der Waals surface area contributed by atoms with Gasteiger partial charge in [-0.15, -0.1) is 0 Å². The largest absolute Gasteiger partial charge is 0.496 e. The van der Waals surface area contributed by atoms with E-state index in [4.69, 9.17) is 14.2 Å². The fourth-order valence-electron chi connectivity index (χ4n) is 4.98. The van der Waals surface area contributed by atoms with Gasteiger partial charge >= 0.3 is 18.1 Å². The number of nitrogens with one attached hydrogen (secondary N) is 1.